The van der Waals surface area contributed by atoms with E-state index in [0.717, 1.165) is 32.1 Å². The lowest BCUT2D eigenvalue weighted by Gasteiger charge is -2.34. The fourth-order valence-corrected chi connectivity index (χ4v) is 6.09. The Labute approximate surface area is 197 Å². The Morgan fingerprint density at radius 3 is 2.41 bits per heavy atom. The number of hydrogen-bond acceptors (Lipinski definition) is 6. The van der Waals surface area contributed by atoms with Gasteiger partial charge in [0.15, 0.2) is 17.0 Å². The van der Waals surface area contributed by atoms with Crippen LogP contribution in [0.1, 0.15) is 49.3 Å². The summed E-state index contributed by atoms with van der Waals surface area (Å²) in [6.45, 7) is 0. The first-order chi connectivity index (χ1) is 16.4. The summed E-state index contributed by atoms with van der Waals surface area (Å²) >= 11 is 0. The summed E-state index contributed by atoms with van der Waals surface area (Å²) in [5, 5.41) is 23.8. The zero-order valence-corrected chi connectivity index (χ0v) is 18.9. The fraction of sp³-hybridized carbons (Fsp3) is 0.423. The number of imide groups is 1. The SMILES string of the molecule is COc1cc(C2NC(C(=O)O)(c3ccccc3)C3C(=O)N(C4CCCCC4)C(=O)C23)ccc1O. The van der Waals surface area contributed by atoms with E-state index in [1.165, 1.54) is 18.1 Å². The molecular formula is C26H28N2O6. The van der Waals surface area contributed by atoms with Crippen LogP contribution in [-0.4, -0.2) is 46.0 Å². The van der Waals surface area contributed by atoms with E-state index in [4.69, 9.17) is 4.74 Å². The normalized spacial score (nSPS) is 29.3. The van der Waals surface area contributed by atoms with Gasteiger partial charge >= 0.3 is 5.97 Å². The quantitative estimate of drug-likeness (QED) is 0.583. The molecule has 2 aliphatic heterocycles. The number of nitrogens with zero attached hydrogens (tertiary/aromatic N) is 1. The molecule has 1 aliphatic carbocycles. The molecule has 2 amide bonds. The number of aromatic hydroxyl groups is 1. The minimum Gasteiger partial charge on any atom is -0.504 e. The molecule has 0 aromatic heterocycles. The van der Waals surface area contributed by atoms with Gasteiger partial charge in [-0.1, -0.05) is 55.7 Å². The first-order valence-corrected chi connectivity index (χ1v) is 11.7. The zero-order valence-electron chi connectivity index (χ0n) is 18.9. The Bertz CT molecular complexity index is 1130. The molecule has 3 fully saturated rings. The number of ether oxygens (including phenoxy) is 1. The number of phenolic OH excluding ortho intramolecular Hbond substituents is 1. The van der Waals surface area contributed by atoms with Gasteiger partial charge in [0.25, 0.3) is 0 Å². The van der Waals surface area contributed by atoms with Gasteiger partial charge in [-0.2, -0.15) is 0 Å². The average Bonchev–Trinajstić information content (AvgIpc) is 3.35. The topological polar surface area (TPSA) is 116 Å². The van der Waals surface area contributed by atoms with Gasteiger partial charge in [0.1, 0.15) is 0 Å². The van der Waals surface area contributed by atoms with E-state index >= 15 is 0 Å². The zero-order chi connectivity index (χ0) is 24.0. The van der Waals surface area contributed by atoms with Crippen LogP contribution in [0.4, 0.5) is 0 Å². The van der Waals surface area contributed by atoms with Crippen LogP contribution in [0.25, 0.3) is 0 Å². The fourth-order valence-electron chi connectivity index (χ4n) is 6.09. The second kappa shape index (κ2) is 8.43. The number of carboxylic acids is 1. The van der Waals surface area contributed by atoms with Gasteiger partial charge in [-0.15, -0.1) is 0 Å². The molecule has 8 nitrogen and oxygen atoms in total. The lowest BCUT2D eigenvalue weighted by molar-refractivity contribution is -0.153. The molecule has 178 valence electrons. The molecule has 2 aromatic carbocycles. The summed E-state index contributed by atoms with van der Waals surface area (Å²) in [7, 11) is 1.42. The number of fused-ring (bicyclic) bond motifs is 1. The van der Waals surface area contributed by atoms with Crippen LogP contribution >= 0.6 is 0 Å². The van der Waals surface area contributed by atoms with E-state index in [1.54, 1.807) is 42.5 Å². The summed E-state index contributed by atoms with van der Waals surface area (Å²) in [5.74, 6) is -3.78. The van der Waals surface area contributed by atoms with Crippen LogP contribution in [0.3, 0.4) is 0 Å². The maximum absolute atomic E-state index is 13.9. The standard InChI is InChI=1S/C26H28N2O6/c1-34-19-14-15(12-13-18(19)29)22-20-21(24(31)28(23(20)30)17-10-6-3-7-11-17)26(27-22,25(32)33)16-8-4-2-5-9-16/h2,4-5,8-9,12-14,17,20-22,27,29H,3,6-7,10-11H2,1H3,(H,32,33). The maximum Gasteiger partial charge on any atom is 0.329 e. The van der Waals surface area contributed by atoms with Gasteiger partial charge in [0.05, 0.1) is 18.9 Å². The first kappa shape index (κ1) is 22.4. The molecule has 2 aromatic rings. The summed E-state index contributed by atoms with van der Waals surface area (Å²) in [6, 6.07) is 12.3. The van der Waals surface area contributed by atoms with E-state index in [-0.39, 0.29) is 23.4 Å². The molecule has 5 rings (SSSR count). The highest BCUT2D eigenvalue weighted by Crippen LogP contribution is 2.54. The van der Waals surface area contributed by atoms with Gasteiger partial charge in [-0.05, 0) is 36.1 Å². The number of carbonyl (C=O) groups excluding carboxylic acids is 2. The summed E-state index contributed by atoms with van der Waals surface area (Å²) in [5.41, 5.74) is -0.759. The van der Waals surface area contributed by atoms with Crippen LogP contribution in [-0.2, 0) is 19.9 Å². The Balaban J connectivity index is 1.67. The predicted octanol–water partition coefficient (Wildman–Crippen LogP) is 2.96. The lowest BCUT2D eigenvalue weighted by Crippen LogP contribution is -2.54. The Morgan fingerprint density at radius 2 is 1.76 bits per heavy atom. The van der Waals surface area contributed by atoms with Gasteiger partial charge in [0.2, 0.25) is 11.8 Å². The lowest BCUT2D eigenvalue weighted by atomic mass is 9.75. The number of carboxylic acid groups (broad SMARTS) is 1. The number of phenols is 1. The van der Waals surface area contributed by atoms with Gasteiger partial charge < -0.3 is 14.9 Å². The number of hydrogen-bond donors (Lipinski definition) is 3. The molecule has 0 bridgehead atoms. The van der Waals surface area contributed by atoms with Crippen molar-refractivity contribution in [2.75, 3.05) is 7.11 Å². The van der Waals surface area contributed by atoms with Crippen LogP contribution in [0.2, 0.25) is 0 Å². The van der Waals surface area contributed by atoms with Crippen molar-refractivity contribution in [3.63, 3.8) is 0 Å². The molecule has 0 spiro atoms. The van der Waals surface area contributed by atoms with E-state index in [2.05, 4.69) is 5.32 Å². The Morgan fingerprint density at radius 1 is 1.06 bits per heavy atom. The number of rotatable bonds is 5. The molecule has 4 unspecified atom stereocenters. The van der Waals surface area contributed by atoms with Crippen LogP contribution in [0.15, 0.2) is 48.5 Å². The van der Waals surface area contributed by atoms with E-state index in [1.807, 2.05) is 0 Å². The molecule has 1 saturated carbocycles. The molecule has 2 heterocycles. The van der Waals surface area contributed by atoms with E-state index in [0.29, 0.717) is 11.1 Å². The van der Waals surface area contributed by atoms with Crippen molar-refractivity contribution < 1.29 is 29.3 Å². The molecule has 8 heteroatoms. The van der Waals surface area contributed by atoms with E-state index in [9.17, 15) is 24.6 Å². The van der Waals surface area contributed by atoms with Crippen molar-refractivity contribution >= 4 is 17.8 Å². The Kier molecular flexibility index (Phi) is 5.56. The molecule has 3 N–H and O–H groups in total. The van der Waals surface area contributed by atoms with Crippen molar-refractivity contribution in [2.24, 2.45) is 11.8 Å². The number of aliphatic carboxylic acids is 1. The van der Waals surface area contributed by atoms with Crippen LogP contribution in [0.5, 0.6) is 11.5 Å². The molecule has 0 radical (unpaired) electrons. The summed E-state index contributed by atoms with van der Waals surface area (Å²) in [4.78, 5) is 42.0. The number of carbonyl (C=O) groups is 3. The highest BCUT2D eigenvalue weighted by atomic mass is 16.5. The average molecular weight is 465 g/mol. The predicted molar refractivity (Wildman–Crippen MR) is 122 cm³/mol. The highest BCUT2D eigenvalue weighted by molar-refractivity contribution is 6.10. The maximum atomic E-state index is 13.9. The minimum absolute atomic E-state index is 0.0639. The minimum atomic E-state index is -1.77. The summed E-state index contributed by atoms with van der Waals surface area (Å²) in [6.07, 6.45) is 4.44. The molecule has 3 aliphatic rings. The third-order valence-electron chi connectivity index (χ3n) is 7.66. The molecule has 4 atom stereocenters. The highest BCUT2D eigenvalue weighted by Gasteiger charge is 2.69. The smallest absolute Gasteiger partial charge is 0.329 e. The van der Waals surface area contributed by atoms with Gasteiger partial charge in [0, 0.05) is 12.1 Å². The molecule has 34 heavy (non-hydrogen) atoms. The third-order valence-corrected chi connectivity index (χ3v) is 7.66. The Hall–Kier alpha value is -3.39. The van der Waals surface area contributed by atoms with Crippen molar-refractivity contribution in [1.82, 2.24) is 10.2 Å². The largest absolute Gasteiger partial charge is 0.504 e. The monoisotopic (exact) mass is 464 g/mol. The number of benzene rings is 2. The summed E-state index contributed by atoms with van der Waals surface area (Å²) < 4.78 is 5.25. The number of nitrogens with one attached hydrogen (secondary N) is 1. The number of likely N-dealkylation sites (tertiary alicyclic amines) is 1. The molecular weight excluding hydrogens is 436 g/mol. The van der Waals surface area contributed by atoms with Crippen LogP contribution < -0.4 is 10.1 Å². The molecule has 2 saturated heterocycles. The van der Waals surface area contributed by atoms with Gasteiger partial charge in [-0.3, -0.25) is 19.8 Å². The number of methoxy groups -OCH3 is 1. The number of amides is 2. The van der Waals surface area contributed by atoms with Crippen LogP contribution in [0, 0.1) is 11.8 Å². The van der Waals surface area contributed by atoms with E-state index < -0.39 is 35.3 Å². The second-order valence-electron chi connectivity index (χ2n) is 9.37. The first-order valence-electron chi connectivity index (χ1n) is 11.7. The third kappa shape index (κ3) is 3.20. The second-order valence-corrected chi connectivity index (χ2v) is 9.37. The van der Waals surface area contributed by atoms with Crippen molar-refractivity contribution in [1.29, 1.82) is 0 Å². The van der Waals surface area contributed by atoms with Crippen molar-refractivity contribution in [3.8, 4) is 11.5 Å². The van der Waals surface area contributed by atoms with Crippen molar-refractivity contribution in [2.45, 2.75) is 49.7 Å². The van der Waals surface area contributed by atoms with Gasteiger partial charge in [-0.25, -0.2) is 4.79 Å². The van der Waals surface area contributed by atoms with Crippen molar-refractivity contribution in [3.05, 3.63) is 59.7 Å².